The molecule has 110 valence electrons. The molecule has 0 saturated heterocycles. The number of Topliss-reactive ketones (excluding diaryl/α,β-unsaturated/α-hetero) is 1. The number of amides is 1. The number of aromatic nitrogens is 2. The van der Waals surface area contributed by atoms with Crippen LogP contribution >= 0.6 is 11.3 Å². The number of aromatic carboxylic acids is 1. The summed E-state index contributed by atoms with van der Waals surface area (Å²) in [6, 6.07) is 1.04. The van der Waals surface area contributed by atoms with E-state index in [0.717, 1.165) is 11.3 Å². The van der Waals surface area contributed by atoms with E-state index in [1.54, 1.807) is 6.92 Å². The maximum absolute atomic E-state index is 12.0. The Balaban J connectivity index is 2.06. The molecule has 7 nitrogen and oxygen atoms in total. The van der Waals surface area contributed by atoms with Gasteiger partial charge in [0.05, 0.1) is 6.04 Å². The van der Waals surface area contributed by atoms with Crippen LogP contribution in [-0.4, -0.2) is 32.7 Å². The van der Waals surface area contributed by atoms with Crippen LogP contribution in [0.25, 0.3) is 0 Å². The number of H-pyrrole nitrogens is 1. The number of nitrogens with zero attached hydrogens (tertiary/aromatic N) is 1. The molecule has 21 heavy (non-hydrogen) atoms. The average Bonchev–Trinajstić information content (AvgIpc) is 3.08. The number of rotatable bonds is 5. The number of hydrogen-bond donors (Lipinski definition) is 3. The van der Waals surface area contributed by atoms with Gasteiger partial charge in [-0.1, -0.05) is 0 Å². The second-order valence-corrected chi connectivity index (χ2v) is 5.32. The molecule has 1 amide bonds. The molecule has 2 aromatic heterocycles. The Kier molecular flexibility index (Phi) is 4.18. The summed E-state index contributed by atoms with van der Waals surface area (Å²) in [4.78, 5) is 40.6. The Morgan fingerprint density at radius 2 is 2.14 bits per heavy atom. The van der Waals surface area contributed by atoms with Crippen molar-refractivity contribution in [2.24, 2.45) is 0 Å². The molecule has 0 fully saturated rings. The van der Waals surface area contributed by atoms with E-state index in [1.165, 1.54) is 24.6 Å². The number of nitrogens with one attached hydrogen (secondary N) is 2. The van der Waals surface area contributed by atoms with Crippen molar-refractivity contribution in [3.05, 3.63) is 39.6 Å². The lowest BCUT2D eigenvalue weighted by atomic mass is 10.2. The first-order valence-electron chi connectivity index (χ1n) is 6.07. The lowest BCUT2D eigenvalue weighted by Gasteiger charge is -2.09. The van der Waals surface area contributed by atoms with Crippen molar-refractivity contribution >= 4 is 29.0 Å². The number of hydrogen-bond acceptors (Lipinski definition) is 5. The summed E-state index contributed by atoms with van der Waals surface area (Å²) in [5.74, 6) is -1.63. The Hall–Kier alpha value is -2.48. The number of carbonyl (C=O) groups is 3. The van der Waals surface area contributed by atoms with E-state index in [0.29, 0.717) is 10.6 Å². The summed E-state index contributed by atoms with van der Waals surface area (Å²) in [5, 5.41) is 13.4. The molecule has 2 aromatic rings. The molecule has 0 aliphatic rings. The molecular weight excluding hydrogens is 294 g/mol. The molecule has 2 rings (SSSR count). The molecule has 0 saturated carbocycles. The Bertz CT molecular complexity index is 704. The molecule has 3 N–H and O–H groups in total. The number of carboxylic acids is 1. The average molecular weight is 307 g/mol. The SMILES string of the molecule is CC(=O)c1c[nH]c(C(=O)NC(C)c2nc(C(=O)O)cs2)c1. The fourth-order valence-corrected chi connectivity index (χ4v) is 2.45. The summed E-state index contributed by atoms with van der Waals surface area (Å²) in [5.41, 5.74) is 0.645. The summed E-state index contributed by atoms with van der Waals surface area (Å²) in [6.07, 6.45) is 1.47. The fourth-order valence-electron chi connectivity index (χ4n) is 1.65. The topological polar surface area (TPSA) is 112 Å². The van der Waals surface area contributed by atoms with Gasteiger partial charge >= 0.3 is 5.97 Å². The van der Waals surface area contributed by atoms with Gasteiger partial charge in [-0.2, -0.15) is 0 Å². The number of carboxylic acid groups (broad SMARTS) is 1. The molecule has 1 atom stereocenters. The highest BCUT2D eigenvalue weighted by Gasteiger charge is 2.18. The van der Waals surface area contributed by atoms with Crippen LogP contribution < -0.4 is 5.32 Å². The summed E-state index contributed by atoms with van der Waals surface area (Å²) in [6.45, 7) is 3.12. The molecule has 0 aliphatic carbocycles. The van der Waals surface area contributed by atoms with Gasteiger partial charge in [-0.15, -0.1) is 11.3 Å². The number of ketones is 1. The molecule has 0 bridgehead atoms. The molecule has 2 heterocycles. The lowest BCUT2D eigenvalue weighted by molar-refractivity contribution is 0.0690. The molecular formula is C13H13N3O4S. The van der Waals surface area contributed by atoms with Crippen molar-refractivity contribution < 1.29 is 19.5 Å². The van der Waals surface area contributed by atoms with Crippen molar-refractivity contribution in [3.63, 3.8) is 0 Å². The smallest absolute Gasteiger partial charge is 0.355 e. The fraction of sp³-hybridized carbons (Fsp3) is 0.231. The van der Waals surface area contributed by atoms with Gasteiger partial charge in [-0.25, -0.2) is 9.78 Å². The second-order valence-electron chi connectivity index (χ2n) is 4.43. The summed E-state index contributed by atoms with van der Waals surface area (Å²) in [7, 11) is 0. The predicted molar refractivity (Wildman–Crippen MR) is 75.8 cm³/mol. The summed E-state index contributed by atoms with van der Waals surface area (Å²) >= 11 is 1.16. The van der Waals surface area contributed by atoms with Crippen LogP contribution in [0, 0.1) is 0 Å². The molecule has 0 radical (unpaired) electrons. The third kappa shape index (κ3) is 3.34. The van der Waals surface area contributed by atoms with Gasteiger partial charge in [-0.3, -0.25) is 9.59 Å². The molecule has 1 unspecified atom stereocenters. The van der Waals surface area contributed by atoms with E-state index in [-0.39, 0.29) is 23.1 Å². The van der Waals surface area contributed by atoms with Gasteiger partial charge in [0.15, 0.2) is 11.5 Å². The van der Waals surface area contributed by atoms with E-state index in [1.807, 2.05) is 0 Å². The van der Waals surface area contributed by atoms with Crippen molar-refractivity contribution in [1.82, 2.24) is 15.3 Å². The number of carbonyl (C=O) groups excluding carboxylic acids is 2. The van der Waals surface area contributed by atoms with E-state index in [9.17, 15) is 14.4 Å². The zero-order chi connectivity index (χ0) is 15.6. The first-order chi connectivity index (χ1) is 9.88. The number of thiazole rings is 1. The van der Waals surface area contributed by atoms with Crippen molar-refractivity contribution in [3.8, 4) is 0 Å². The van der Waals surface area contributed by atoms with Crippen LogP contribution in [0.2, 0.25) is 0 Å². The normalized spacial score (nSPS) is 11.9. The highest BCUT2D eigenvalue weighted by molar-refractivity contribution is 7.09. The van der Waals surface area contributed by atoms with Gasteiger partial charge in [0, 0.05) is 17.1 Å². The number of aromatic amines is 1. The van der Waals surface area contributed by atoms with Gasteiger partial charge in [0.25, 0.3) is 5.91 Å². The lowest BCUT2D eigenvalue weighted by Crippen LogP contribution is -2.26. The highest BCUT2D eigenvalue weighted by Crippen LogP contribution is 2.18. The van der Waals surface area contributed by atoms with Gasteiger partial charge in [-0.05, 0) is 19.9 Å². The van der Waals surface area contributed by atoms with E-state index in [2.05, 4.69) is 15.3 Å². The largest absolute Gasteiger partial charge is 0.476 e. The first-order valence-corrected chi connectivity index (χ1v) is 6.95. The minimum atomic E-state index is -1.11. The molecule has 0 aromatic carbocycles. The zero-order valence-electron chi connectivity index (χ0n) is 11.3. The minimum Gasteiger partial charge on any atom is -0.476 e. The van der Waals surface area contributed by atoms with Gasteiger partial charge < -0.3 is 15.4 Å². The van der Waals surface area contributed by atoms with Crippen molar-refractivity contribution in [2.45, 2.75) is 19.9 Å². The Morgan fingerprint density at radius 3 is 2.67 bits per heavy atom. The van der Waals surface area contributed by atoms with E-state index in [4.69, 9.17) is 5.11 Å². The van der Waals surface area contributed by atoms with Crippen LogP contribution in [0.4, 0.5) is 0 Å². The quantitative estimate of drug-likeness (QED) is 0.730. The minimum absolute atomic E-state index is 0.0464. The molecule has 8 heteroatoms. The van der Waals surface area contributed by atoms with Crippen LogP contribution in [0.1, 0.15) is 56.2 Å². The van der Waals surface area contributed by atoms with Crippen LogP contribution in [-0.2, 0) is 0 Å². The summed E-state index contributed by atoms with van der Waals surface area (Å²) < 4.78 is 0. The van der Waals surface area contributed by atoms with Gasteiger partial charge in [0.2, 0.25) is 0 Å². The van der Waals surface area contributed by atoms with Crippen LogP contribution in [0.15, 0.2) is 17.6 Å². The predicted octanol–water partition coefficient (Wildman–Crippen LogP) is 1.86. The van der Waals surface area contributed by atoms with Crippen molar-refractivity contribution in [1.29, 1.82) is 0 Å². The monoisotopic (exact) mass is 307 g/mol. The third-order valence-corrected chi connectivity index (χ3v) is 3.82. The Labute approximate surface area is 124 Å². The van der Waals surface area contributed by atoms with Gasteiger partial charge in [0.1, 0.15) is 10.7 Å². The third-order valence-electron chi connectivity index (χ3n) is 2.79. The maximum Gasteiger partial charge on any atom is 0.355 e. The highest BCUT2D eigenvalue weighted by atomic mass is 32.1. The van der Waals surface area contributed by atoms with Crippen molar-refractivity contribution in [2.75, 3.05) is 0 Å². The maximum atomic E-state index is 12.0. The van der Waals surface area contributed by atoms with Crippen LogP contribution in [0.3, 0.4) is 0 Å². The second kappa shape index (κ2) is 5.88. The first kappa shape index (κ1) is 14.9. The standard InChI is InChI=1S/C13H13N3O4S/c1-6(12-16-10(5-21-12)13(19)20)15-11(18)9-3-8(4-14-9)7(2)17/h3-6,14H,1-2H3,(H,15,18)(H,19,20). The van der Waals surface area contributed by atoms with Crippen LogP contribution in [0.5, 0.6) is 0 Å². The Morgan fingerprint density at radius 1 is 1.43 bits per heavy atom. The van der Waals surface area contributed by atoms with E-state index >= 15 is 0 Å². The van der Waals surface area contributed by atoms with E-state index < -0.39 is 12.0 Å². The zero-order valence-corrected chi connectivity index (χ0v) is 12.2. The molecule has 0 spiro atoms. The molecule has 0 aliphatic heterocycles.